The van der Waals surface area contributed by atoms with Crippen LogP contribution in [0.1, 0.15) is 13.3 Å². The third-order valence-corrected chi connectivity index (χ3v) is 1.23. The average molecular weight is 160 g/mol. The van der Waals surface area contributed by atoms with Crippen molar-refractivity contribution < 1.29 is 14.7 Å². The maximum Gasteiger partial charge on any atom is 0.320 e. The van der Waals surface area contributed by atoms with Gasteiger partial charge < -0.3 is 10.8 Å². The molecule has 0 aromatic heterocycles. The van der Waals surface area contributed by atoms with Crippen LogP contribution < -0.4 is 11.1 Å². The summed E-state index contributed by atoms with van der Waals surface area (Å²) in [4.78, 5) is 20.5. The van der Waals surface area contributed by atoms with Crippen LogP contribution in [0.15, 0.2) is 0 Å². The number of primary amides is 1. The van der Waals surface area contributed by atoms with Gasteiger partial charge in [0, 0.05) is 0 Å². The SMILES string of the molecule is CCC(NCC(N)=O)C(=O)O. The third-order valence-electron chi connectivity index (χ3n) is 1.23. The highest BCUT2D eigenvalue weighted by Crippen LogP contribution is 1.88. The molecule has 4 N–H and O–H groups in total. The normalized spacial score (nSPS) is 12.5. The Bertz CT molecular complexity index is 158. The van der Waals surface area contributed by atoms with Gasteiger partial charge in [0.2, 0.25) is 5.91 Å². The highest BCUT2D eigenvalue weighted by atomic mass is 16.4. The van der Waals surface area contributed by atoms with E-state index in [9.17, 15) is 9.59 Å². The Balaban J connectivity index is 3.70. The summed E-state index contributed by atoms with van der Waals surface area (Å²) in [6, 6.07) is -0.678. The smallest absolute Gasteiger partial charge is 0.320 e. The topological polar surface area (TPSA) is 92.4 Å². The fourth-order valence-corrected chi connectivity index (χ4v) is 0.630. The van der Waals surface area contributed by atoms with E-state index in [0.29, 0.717) is 6.42 Å². The Morgan fingerprint density at radius 2 is 2.18 bits per heavy atom. The van der Waals surface area contributed by atoms with Gasteiger partial charge in [-0.1, -0.05) is 6.92 Å². The fraction of sp³-hybridized carbons (Fsp3) is 0.667. The number of nitrogens with two attached hydrogens (primary N) is 1. The molecule has 1 amide bonds. The summed E-state index contributed by atoms with van der Waals surface area (Å²) in [5, 5.41) is 11.0. The van der Waals surface area contributed by atoms with E-state index in [2.05, 4.69) is 5.32 Å². The third kappa shape index (κ3) is 4.32. The Labute approximate surface area is 64.6 Å². The first kappa shape index (κ1) is 9.90. The molecule has 1 unspecified atom stereocenters. The van der Waals surface area contributed by atoms with Gasteiger partial charge in [0.15, 0.2) is 0 Å². The van der Waals surface area contributed by atoms with E-state index in [1.165, 1.54) is 0 Å². The molecule has 0 heterocycles. The van der Waals surface area contributed by atoms with Gasteiger partial charge >= 0.3 is 5.97 Å². The zero-order valence-electron chi connectivity index (χ0n) is 6.33. The van der Waals surface area contributed by atoms with Crippen LogP contribution in [0.5, 0.6) is 0 Å². The van der Waals surface area contributed by atoms with Gasteiger partial charge in [-0.15, -0.1) is 0 Å². The van der Waals surface area contributed by atoms with Crippen LogP contribution in [0, 0.1) is 0 Å². The molecule has 0 aliphatic rings. The second kappa shape index (κ2) is 4.68. The Kier molecular flexibility index (Phi) is 4.21. The van der Waals surface area contributed by atoms with Crippen molar-refractivity contribution in [3.8, 4) is 0 Å². The van der Waals surface area contributed by atoms with E-state index in [1.54, 1.807) is 6.92 Å². The van der Waals surface area contributed by atoms with Crippen molar-refractivity contribution in [1.29, 1.82) is 0 Å². The van der Waals surface area contributed by atoms with E-state index in [1.807, 2.05) is 0 Å². The van der Waals surface area contributed by atoms with Crippen LogP contribution in [-0.2, 0) is 9.59 Å². The van der Waals surface area contributed by atoms with Gasteiger partial charge in [0.25, 0.3) is 0 Å². The van der Waals surface area contributed by atoms with Gasteiger partial charge in [-0.3, -0.25) is 14.9 Å². The highest BCUT2D eigenvalue weighted by Gasteiger charge is 2.13. The minimum absolute atomic E-state index is 0.0925. The molecule has 0 aromatic rings. The van der Waals surface area contributed by atoms with E-state index in [0.717, 1.165) is 0 Å². The van der Waals surface area contributed by atoms with Crippen LogP contribution in [0.2, 0.25) is 0 Å². The van der Waals surface area contributed by atoms with Gasteiger partial charge in [-0.25, -0.2) is 0 Å². The summed E-state index contributed by atoms with van der Waals surface area (Å²) < 4.78 is 0. The van der Waals surface area contributed by atoms with Crippen molar-refractivity contribution in [3.63, 3.8) is 0 Å². The minimum Gasteiger partial charge on any atom is -0.480 e. The lowest BCUT2D eigenvalue weighted by Crippen LogP contribution is -2.41. The molecular weight excluding hydrogens is 148 g/mol. The Morgan fingerprint density at radius 1 is 1.64 bits per heavy atom. The number of carbonyl (C=O) groups is 2. The van der Waals surface area contributed by atoms with Crippen molar-refractivity contribution in [3.05, 3.63) is 0 Å². The lowest BCUT2D eigenvalue weighted by Gasteiger charge is -2.09. The first-order valence-electron chi connectivity index (χ1n) is 3.32. The zero-order valence-corrected chi connectivity index (χ0v) is 6.33. The molecule has 0 bridgehead atoms. The molecule has 0 radical (unpaired) electrons. The molecule has 1 atom stereocenters. The number of carbonyl (C=O) groups excluding carboxylic acids is 1. The first-order valence-corrected chi connectivity index (χ1v) is 3.32. The van der Waals surface area contributed by atoms with E-state index in [-0.39, 0.29) is 6.54 Å². The standard InChI is InChI=1S/C6H12N2O3/c1-2-4(6(10)11)8-3-5(7)9/h4,8H,2-3H2,1H3,(H2,7,9)(H,10,11). The fourth-order valence-electron chi connectivity index (χ4n) is 0.630. The number of aliphatic carboxylic acids is 1. The van der Waals surface area contributed by atoms with Gasteiger partial charge in [0.1, 0.15) is 6.04 Å². The number of rotatable bonds is 5. The van der Waals surface area contributed by atoms with Crippen LogP contribution in [0.4, 0.5) is 0 Å². The zero-order chi connectivity index (χ0) is 8.85. The number of carboxylic acids is 1. The second-order valence-electron chi connectivity index (χ2n) is 2.15. The van der Waals surface area contributed by atoms with Gasteiger partial charge in [-0.05, 0) is 6.42 Å². The largest absolute Gasteiger partial charge is 0.480 e. The number of hydrogen-bond donors (Lipinski definition) is 3. The molecule has 5 heteroatoms. The Morgan fingerprint density at radius 3 is 2.45 bits per heavy atom. The quantitative estimate of drug-likeness (QED) is 0.477. The summed E-state index contributed by atoms with van der Waals surface area (Å²) in [7, 11) is 0. The molecule has 0 saturated heterocycles. The second-order valence-corrected chi connectivity index (χ2v) is 2.15. The summed E-state index contributed by atoms with van der Waals surface area (Å²) in [6.45, 7) is 1.62. The molecule has 11 heavy (non-hydrogen) atoms. The molecule has 5 nitrogen and oxygen atoms in total. The van der Waals surface area contributed by atoms with Crippen LogP contribution in [0.3, 0.4) is 0 Å². The molecule has 64 valence electrons. The molecular formula is C6H12N2O3. The van der Waals surface area contributed by atoms with Crippen molar-refractivity contribution >= 4 is 11.9 Å². The van der Waals surface area contributed by atoms with Gasteiger partial charge in [0.05, 0.1) is 6.54 Å². The van der Waals surface area contributed by atoms with Crippen molar-refractivity contribution in [2.75, 3.05) is 6.54 Å². The maximum absolute atomic E-state index is 10.3. The molecule has 0 aliphatic carbocycles. The highest BCUT2D eigenvalue weighted by molar-refractivity contribution is 5.78. The molecule has 0 saturated carbocycles. The molecule has 0 fully saturated rings. The Hall–Kier alpha value is -1.10. The van der Waals surface area contributed by atoms with E-state index in [4.69, 9.17) is 10.8 Å². The first-order chi connectivity index (χ1) is 5.07. The summed E-state index contributed by atoms with van der Waals surface area (Å²) >= 11 is 0. The van der Waals surface area contributed by atoms with Crippen LogP contribution in [0.25, 0.3) is 0 Å². The number of carboxylic acid groups (broad SMARTS) is 1. The van der Waals surface area contributed by atoms with Crippen molar-refractivity contribution in [1.82, 2.24) is 5.32 Å². The number of hydrogen-bond acceptors (Lipinski definition) is 3. The maximum atomic E-state index is 10.3. The predicted molar refractivity (Wildman–Crippen MR) is 38.9 cm³/mol. The average Bonchev–Trinajstić information content (AvgIpc) is 1.87. The van der Waals surface area contributed by atoms with E-state index >= 15 is 0 Å². The minimum atomic E-state index is -0.964. The van der Waals surface area contributed by atoms with Crippen molar-refractivity contribution in [2.24, 2.45) is 5.73 Å². The number of nitrogens with one attached hydrogen (secondary N) is 1. The molecule has 0 aliphatic heterocycles. The van der Waals surface area contributed by atoms with Crippen LogP contribution >= 0.6 is 0 Å². The number of amides is 1. The molecule has 0 rings (SSSR count). The van der Waals surface area contributed by atoms with Crippen LogP contribution in [-0.4, -0.2) is 29.6 Å². The van der Waals surface area contributed by atoms with Gasteiger partial charge in [-0.2, -0.15) is 0 Å². The monoisotopic (exact) mass is 160 g/mol. The lowest BCUT2D eigenvalue weighted by molar-refractivity contribution is -0.139. The molecule has 0 aromatic carbocycles. The summed E-state index contributed by atoms with van der Waals surface area (Å²) in [5.74, 6) is -1.52. The summed E-state index contributed by atoms with van der Waals surface area (Å²) in [6.07, 6.45) is 0.433. The molecule has 0 spiro atoms. The van der Waals surface area contributed by atoms with Crippen molar-refractivity contribution in [2.45, 2.75) is 19.4 Å². The van der Waals surface area contributed by atoms with E-state index < -0.39 is 17.9 Å². The lowest BCUT2D eigenvalue weighted by atomic mass is 10.2. The predicted octanol–water partition coefficient (Wildman–Crippen LogP) is -1.08. The summed E-state index contributed by atoms with van der Waals surface area (Å²) in [5.41, 5.74) is 4.80.